The normalized spacial score (nSPS) is 21.8. The Balaban J connectivity index is 1.32. The number of hydrogen-bond acceptors (Lipinski definition) is 5. The minimum Gasteiger partial charge on any atom is -0.378 e. The van der Waals surface area contributed by atoms with Gasteiger partial charge >= 0.3 is 0 Å². The molecule has 6 rings (SSSR count). The van der Waals surface area contributed by atoms with Crippen LogP contribution in [0.4, 0.5) is 0 Å². The van der Waals surface area contributed by atoms with E-state index in [1.165, 1.54) is 36.9 Å². The van der Waals surface area contributed by atoms with Crippen molar-refractivity contribution in [3.8, 4) is 11.3 Å². The Hall–Kier alpha value is -2.77. The molecule has 1 aliphatic carbocycles. The molecule has 1 saturated heterocycles. The lowest BCUT2D eigenvalue weighted by atomic mass is 9.83. The molecule has 0 radical (unpaired) electrons. The number of nitrogens with one attached hydrogen (secondary N) is 2. The van der Waals surface area contributed by atoms with E-state index in [2.05, 4.69) is 65.6 Å². The van der Waals surface area contributed by atoms with Crippen molar-refractivity contribution >= 4 is 16.7 Å². The number of hydrogen-bond donors (Lipinski definition) is 2. The molecule has 0 aromatic carbocycles. The van der Waals surface area contributed by atoms with Gasteiger partial charge in [-0.15, -0.1) is 0 Å². The zero-order valence-electron chi connectivity index (χ0n) is 19.6. The van der Waals surface area contributed by atoms with Gasteiger partial charge in [0.1, 0.15) is 6.33 Å². The van der Waals surface area contributed by atoms with Crippen LogP contribution in [-0.4, -0.2) is 49.9 Å². The highest BCUT2D eigenvalue weighted by Crippen LogP contribution is 2.38. The van der Waals surface area contributed by atoms with Crippen LogP contribution in [-0.2, 0) is 4.74 Å². The van der Waals surface area contributed by atoms with Crippen LogP contribution in [0.3, 0.4) is 0 Å². The number of aromatic nitrogens is 5. The number of fused-ring (bicyclic) bond motifs is 2. The minimum atomic E-state index is 0.355. The molecular formula is C26H32N6O. The van der Waals surface area contributed by atoms with Crippen LogP contribution in [0, 0.1) is 6.92 Å². The zero-order chi connectivity index (χ0) is 22.5. The minimum absolute atomic E-state index is 0.355. The number of pyridine rings is 2. The smallest absolute Gasteiger partial charge is 0.158 e. The van der Waals surface area contributed by atoms with Gasteiger partial charge in [0.05, 0.1) is 36.0 Å². The highest BCUT2D eigenvalue weighted by Gasteiger charge is 2.28. The number of ether oxygens (including phenoxy) is 1. The predicted octanol–water partition coefficient (Wildman–Crippen LogP) is 4.72. The highest BCUT2D eigenvalue weighted by molar-refractivity contribution is 5.88. The van der Waals surface area contributed by atoms with Crippen LogP contribution in [0.15, 0.2) is 30.7 Å². The molecule has 0 bridgehead atoms. The van der Waals surface area contributed by atoms with Crippen LogP contribution in [0.5, 0.6) is 0 Å². The third-order valence-electron chi connectivity index (χ3n) is 7.38. The molecule has 5 heterocycles. The molecule has 2 fully saturated rings. The molecule has 7 heteroatoms. The van der Waals surface area contributed by atoms with E-state index in [9.17, 15) is 0 Å². The number of aryl methyl sites for hydroxylation is 1. The number of rotatable bonds is 5. The van der Waals surface area contributed by atoms with Gasteiger partial charge in [-0.2, -0.15) is 5.10 Å². The zero-order valence-corrected chi connectivity index (χ0v) is 19.6. The summed E-state index contributed by atoms with van der Waals surface area (Å²) in [6, 6.07) is 7.84. The first-order valence-electron chi connectivity index (χ1n) is 12.2. The fraction of sp³-hybridized carbons (Fsp3) is 0.500. The third-order valence-corrected chi connectivity index (χ3v) is 7.38. The van der Waals surface area contributed by atoms with Crippen molar-refractivity contribution in [3.63, 3.8) is 0 Å². The van der Waals surface area contributed by atoms with E-state index < -0.39 is 0 Å². The topological polar surface area (TPSA) is 80.1 Å². The molecule has 1 aliphatic heterocycles. The largest absolute Gasteiger partial charge is 0.378 e. The quantitative estimate of drug-likeness (QED) is 0.466. The van der Waals surface area contributed by atoms with Crippen molar-refractivity contribution in [1.82, 2.24) is 29.9 Å². The average Bonchev–Trinajstić information content (AvgIpc) is 3.41. The first-order chi connectivity index (χ1) is 16.1. The molecular weight excluding hydrogens is 412 g/mol. The Kier molecular flexibility index (Phi) is 5.18. The maximum atomic E-state index is 5.31. The molecule has 0 unspecified atom stereocenters. The molecule has 0 atom stereocenters. The van der Waals surface area contributed by atoms with Crippen LogP contribution in [0.2, 0.25) is 0 Å². The van der Waals surface area contributed by atoms with Crippen LogP contribution < -0.4 is 5.32 Å². The SMILES string of the molecule is Cc1cc(-c2[nH]c3ccc(C4CCC(NC5COC5)CC4)nc3c2C(C)C)cn2ncnc12. The van der Waals surface area contributed by atoms with E-state index in [1.807, 2.05) is 4.52 Å². The molecule has 4 aromatic rings. The maximum Gasteiger partial charge on any atom is 0.158 e. The van der Waals surface area contributed by atoms with Crippen molar-refractivity contribution < 1.29 is 4.74 Å². The van der Waals surface area contributed by atoms with E-state index in [4.69, 9.17) is 9.72 Å². The standard InChI is InChI=1S/C26H32N6O/c1-15(2)23-24(18-10-16(3)26-27-14-28-32(26)11-18)31-22-9-8-21(30-25(22)23)17-4-6-19(7-5-17)29-20-12-33-13-20/h8-11,14-15,17,19-20,29,31H,4-7,12-13H2,1-3H3. The Labute approximate surface area is 194 Å². The first-order valence-corrected chi connectivity index (χ1v) is 12.2. The van der Waals surface area contributed by atoms with Crippen molar-refractivity contribution in [2.75, 3.05) is 13.2 Å². The van der Waals surface area contributed by atoms with Crippen molar-refractivity contribution in [2.24, 2.45) is 0 Å². The van der Waals surface area contributed by atoms with Gasteiger partial charge in [0.25, 0.3) is 0 Å². The Bertz CT molecular complexity index is 1290. The second-order valence-electron chi connectivity index (χ2n) is 10.1. The fourth-order valence-corrected chi connectivity index (χ4v) is 5.57. The summed E-state index contributed by atoms with van der Waals surface area (Å²) in [5.41, 5.74) is 9.02. The molecule has 0 spiro atoms. The van der Waals surface area contributed by atoms with E-state index in [0.29, 0.717) is 23.9 Å². The van der Waals surface area contributed by atoms with E-state index in [0.717, 1.165) is 46.7 Å². The van der Waals surface area contributed by atoms with E-state index in [1.54, 1.807) is 6.33 Å². The van der Waals surface area contributed by atoms with Crippen LogP contribution in [0.25, 0.3) is 27.9 Å². The van der Waals surface area contributed by atoms with Gasteiger partial charge in [-0.25, -0.2) is 9.50 Å². The number of aromatic amines is 1. The summed E-state index contributed by atoms with van der Waals surface area (Å²) in [5, 5.41) is 8.12. The van der Waals surface area contributed by atoms with Crippen LogP contribution in [0.1, 0.15) is 68.2 Å². The molecule has 2 aliphatic rings. The van der Waals surface area contributed by atoms with Gasteiger partial charge in [-0.1, -0.05) is 13.8 Å². The number of H-pyrrole nitrogens is 1. The van der Waals surface area contributed by atoms with Crippen molar-refractivity contribution in [3.05, 3.63) is 47.5 Å². The Morgan fingerprint density at radius 1 is 1.12 bits per heavy atom. The summed E-state index contributed by atoms with van der Waals surface area (Å²) in [6.07, 6.45) is 8.49. The molecule has 1 saturated carbocycles. The summed E-state index contributed by atoms with van der Waals surface area (Å²) < 4.78 is 7.17. The lowest BCUT2D eigenvalue weighted by Crippen LogP contribution is -2.51. The Morgan fingerprint density at radius 2 is 1.94 bits per heavy atom. The summed E-state index contributed by atoms with van der Waals surface area (Å²) >= 11 is 0. The van der Waals surface area contributed by atoms with E-state index in [-0.39, 0.29) is 0 Å². The fourth-order valence-electron chi connectivity index (χ4n) is 5.57. The monoisotopic (exact) mass is 444 g/mol. The molecule has 4 aromatic heterocycles. The highest BCUT2D eigenvalue weighted by atomic mass is 16.5. The van der Waals surface area contributed by atoms with Crippen molar-refractivity contribution in [1.29, 1.82) is 0 Å². The average molecular weight is 445 g/mol. The second kappa shape index (κ2) is 8.22. The molecule has 7 nitrogen and oxygen atoms in total. The summed E-state index contributed by atoms with van der Waals surface area (Å²) in [7, 11) is 0. The van der Waals surface area contributed by atoms with E-state index >= 15 is 0 Å². The van der Waals surface area contributed by atoms with Gasteiger partial charge in [0, 0.05) is 35.0 Å². The molecule has 172 valence electrons. The van der Waals surface area contributed by atoms with Gasteiger partial charge in [-0.05, 0) is 62.3 Å². The first kappa shape index (κ1) is 20.8. The lowest BCUT2D eigenvalue weighted by Gasteiger charge is -2.35. The maximum absolute atomic E-state index is 5.31. The molecule has 33 heavy (non-hydrogen) atoms. The van der Waals surface area contributed by atoms with Gasteiger partial charge in [0.2, 0.25) is 0 Å². The van der Waals surface area contributed by atoms with Gasteiger partial charge < -0.3 is 15.0 Å². The predicted molar refractivity (Wildman–Crippen MR) is 130 cm³/mol. The Morgan fingerprint density at radius 3 is 2.67 bits per heavy atom. The van der Waals surface area contributed by atoms with Crippen LogP contribution >= 0.6 is 0 Å². The summed E-state index contributed by atoms with van der Waals surface area (Å²) in [5.74, 6) is 0.894. The van der Waals surface area contributed by atoms with Crippen molar-refractivity contribution in [2.45, 2.75) is 70.4 Å². The summed E-state index contributed by atoms with van der Waals surface area (Å²) in [4.78, 5) is 13.3. The molecule has 2 N–H and O–H groups in total. The summed E-state index contributed by atoms with van der Waals surface area (Å²) in [6.45, 7) is 8.33. The lowest BCUT2D eigenvalue weighted by molar-refractivity contribution is -0.0121. The number of nitrogens with zero attached hydrogens (tertiary/aromatic N) is 4. The second-order valence-corrected chi connectivity index (χ2v) is 10.1. The third kappa shape index (κ3) is 3.73. The van der Waals surface area contributed by atoms with Gasteiger partial charge in [0.15, 0.2) is 5.65 Å². The molecule has 0 amide bonds. The van der Waals surface area contributed by atoms with Gasteiger partial charge in [-0.3, -0.25) is 4.98 Å².